The Labute approximate surface area is 152 Å². The van der Waals surface area contributed by atoms with Crippen LogP contribution in [0.25, 0.3) is 10.9 Å². The Kier molecular flexibility index (Phi) is 3.28. The molecule has 2 aliphatic rings. The third-order valence-corrected chi connectivity index (χ3v) is 7.33. The summed E-state index contributed by atoms with van der Waals surface area (Å²) >= 11 is 0. The molecule has 132 valence electrons. The lowest BCUT2D eigenvalue weighted by Gasteiger charge is -2.20. The molecule has 1 atom stereocenters. The molecule has 3 N–H and O–H groups in total. The summed E-state index contributed by atoms with van der Waals surface area (Å²) in [5.41, 5.74) is 11.9. The van der Waals surface area contributed by atoms with Crippen LogP contribution in [0.4, 0.5) is 11.4 Å². The summed E-state index contributed by atoms with van der Waals surface area (Å²) in [6, 6.07) is 12.1. The summed E-state index contributed by atoms with van der Waals surface area (Å²) in [5, 5.41) is 4.46. The van der Waals surface area contributed by atoms with Crippen LogP contribution >= 0.6 is 0 Å². The second kappa shape index (κ2) is 5.45. The monoisotopic (exact) mass is 365 g/mol. The standard InChI is InChI=1S/C20H19N3O2S/c21-15-11-22-17-7-8-18-14(9-10-26(18,24)25)19(17)20(15)23-16-6-5-12-3-1-2-4-13(12)16/h1-4,7-8,11,16H,5-6,9-10,21H2,(H,22,23)/t16-/m0/s1. The number of rotatable bonds is 2. The fraction of sp³-hybridized carbons (Fsp3) is 0.250. The first-order valence-electron chi connectivity index (χ1n) is 8.82. The number of pyridine rings is 1. The van der Waals surface area contributed by atoms with Gasteiger partial charge < -0.3 is 11.1 Å². The maximum Gasteiger partial charge on any atom is 0.179 e. The van der Waals surface area contributed by atoms with E-state index in [1.807, 2.05) is 0 Å². The molecule has 3 aromatic rings. The van der Waals surface area contributed by atoms with Crippen LogP contribution in [0.5, 0.6) is 0 Å². The van der Waals surface area contributed by atoms with Crippen molar-refractivity contribution in [3.05, 3.63) is 59.3 Å². The smallest absolute Gasteiger partial charge is 0.179 e. The highest BCUT2D eigenvalue weighted by molar-refractivity contribution is 7.91. The van der Waals surface area contributed by atoms with E-state index in [0.29, 0.717) is 17.0 Å². The van der Waals surface area contributed by atoms with Crippen LogP contribution in [0.2, 0.25) is 0 Å². The quantitative estimate of drug-likeness (QED) is 0.728. The van der Waals surface area contributed by atoms with Gasteiger partial charge in [0.1, 0.15) is 0 Å². The number of nitrogens with one attached hydrogen (secondary N) is 1. The maximum absolute atomic E-state index is 12.3. The SMILES string of the molecule is Nc1cnc2ccc3c(c2c1N[C@H]1CCc2ccccc21)CCS3(=O)=O. The van der Waals surface area contributed by atoms with Gasteiger partial charge in [-0.15, -0.1) is 0 Å². The van der Waals surface area contributed by atoms with Gasteiger partial charge in [0.2, 0.25) is 0 Å². The number of nitrogen functional groups attached to an aromatic ring is 1. The number of nitrogens with two attached hydrogens (primary N) is 1. The van der Waals surface area contributed by atoms with Crippen LogP contribution < -0.4 is 11.1 Å². The zero-order valence-corrected chi connectivity index (χ0v) is 15.0. The summed E-state index contributed by atoms with van der Waals surface area (Å²) in [5.74, 6) is 0.155. The fourth-order valence-corrected chi connectivity index (χ4v) is 5.82. The van der Waals surface area contributed by atoms with E-state index in [1.165, 1.54) is 11.1 Å². The first-order valence-corrected chi connectivity index (χ1v) is 10.5. The van der Waals surface area contributed by atoms with E-state index in [1.54, 1.807) is 18.3 Å². The van der Waals surface area contributed by atoms with Crippen LogP contribution in [0.15, 0.2) is 47.5 Å². The van der Waals surface area contributed by atoms with Crippen molar-refractivity contribution in [1.29, 1.82) is 0 Å². The fourth-order valence-electron chi connectivity index (χ4n) is 4.27. The molecular formula is C20H19N3O2S. The van der Waals surface area contributed by atoms with Crippen molar-refractivity contribution < 1.29 is 8.42 Å². The molecule has 1 aliphatic carbocycles. The van der Waals surface area contributed by atoms with E-state index in [4.69, 9.17) is 5.73 Å². The predicted octanol–water partition coefficient (Wildman–Crippen LogP) is 3.25. The second-order valence-corrected chi connectivity index (χ2v) is 9.11. The molecule has 0 fully saturated rings. The molecule has 0 amide bonds. The minimum atomic E-state index is -3.20. The molecule has 5 rings (SSSR count). The van der Waals surface area contributed by atoms with Crippen molar-refractivity contribution in [1.82, 2.24) is 4.98 Å². The first-order chi connectivity index (χ1) is 12.5. The maximum atomic E-state index is 12.3. The Balaban J connectivity index is 1.69. The van der Waals surface area contributed by atoms with Crippen molar-refractivity contribution in [2.45, 2.75) is 30.2 Å². The summed E-state index contributed by atoms with van der Waals surface area (Å²) in [7, 11) is -3.20. The van der Waals surface area contributed by atoms with E-state index in [9.17, 15) is 8.42 Å². The Bertz CT molecular complexity index is 1160. The van der Waals surface area contributed by atoms with E-state index in [2.05, 4.69) is 34.6 Å². The molecule has 6 heteroatoms. The number of anilines is 2. The summed E-state index contributed by atoms with van der Waals surface area (Å²) in [6.07, 6.45) is 4.19. The first kappa shape index (κ1) is 15.6. The third kappa shape index (κ3) is 2.22. The van der Waals surface area contributed by atoms with Crippen LogP contribution in [0.3, 0.4) is 0 Å². The Morgan fingerprint density at radius 3 is 2.85 bits per heavy atom. The highest BCUT2D eigenvalue weighted by Crippen LogP contribution is 2.41. The van der Waals surface area contributed by atoms with Crippen molar-refractivity contribution in [3.63, 3.8) is 0 Å². The topological polar surface area (TPSA) is 85.1 Å². The molecule has 0 saturated carbocycles. The molecule has 5 nitrogen and oxygen atoms in total. The van der Waals surface area contributed by atoms with Crippen molar-refractivity contribution in [2.75, 3.05) is 16.8 Å². The van der Waals surface area contributed by atoms with Gasteiger partial charge >= 0.3 is 0 Å². The minimum Gasteiger partial charge on any atom is -0.396 e. The van der Waals surface area contributed by atoms with Gasteiger partial charge in [0.15, 0.2) is 9.84 Å². The van der Waals surface area contributed by atoms with Gasteiger partial charge in [-0.1, -0.05) is 24.3 Å². The summed E-state index contributed by atoms with van der Waals surface area (Å²) < 4.78 is 24.7. The highest BCUT2D eigenvalue weighted by atomic mass is 32.2. The van der Waals surface area contributed by atoms with Gasteiger partial charge in [-0.3, -0.25) is 4.98 Å². The molecule has 0 unspecified atom stereocenters. The molecule has 1 aromatic heterocycles. The number of hydrogen-bond acceptors (Lipinski definition) is 5. The number of aromatic nitrogens is 1. The Morgan fingerprint density at radius 1 is 1.12 bits per heavy atom. The van der Waals surface area contributed by atoms with Gasteiger partial charge in [-0.05, 0) is 48.1 Å². The van der Waals surface area contributed by atoms with Crippen molar-refractivity contribution in [3.8, 4) is 0 Å². The van der Waals surface area contributed by atoms with Crippen LogP contribution in [0.1, 0.15) is 29.2 Å². The van der Waals surface area contributed by atoms with Gasteiger partial charge in [0.25, 0.3) is 0 Å². The number of aryl methyl sites for hydroxylation is 2. The normalized spacial score (nSPS) is 20.1. The van der Waals surface area contributed by atoms with Crippen LogP contribution in [-0.2, 0) is 22.7 Å². The average molecular weight is 365 g/mol. The number of fused-ring (bicyclic) bond motifs is 4. The van der Waals surface area contributed by atoms with Crippen molar-refractivity contribution >= 4 is 32.1 Å². The zero-order valence-electron chi connectivity index (χ0n) is 14.2. The molecule has 0 radical (unpaired) electrons. The van der Waals surface area contributed by atoms with E-state index in [-0.39, 0.29) is 11.8 Å². The number of benzene rings is 2. The molecule has 0 saturated heterocycles. The zero-order chi connectivity index (χ0) is 17.9. The predicted molar refractivity (Wildman–Crippen MR) is 103 cm³/mol. The van der Waals surface area contributed by atoms with Gasteiger partial charge in [0, 0.05) is 5.39 Å². The largest absolute Gasteiger partial charge is 0.396 e. The summed E-state index contributed by atoms with van der Waals surface area (Å²) in [6.45, 7) is 0. The molecular weight excluding hydrogens is 346 g/mol. The summed E-state index contributed by atoms with van der Waals surface area (Å²) in [4.78, 5) is 4.85. The Morgan fingerprint density at radius 2 is 1.96 bits per heavy atom. The molecule has 26 heavy (non-hydrogen) atoms. The molecule has 1 aliphatic heterocycles. The third-order valence-electron chi connectivity index (χ3n) is 5.54. The van der Waals surface area contributed by atoms with Gasteiger partial charge in [-0.2, -0.15) is 0 Å². The number of hydrogen-bond donors (Lipinski definition) is 2. The minimum absolute atomic E-state index is 0.155. The van der Waals surface area contributed by atoms with Crippen LogP contribution in [-0.4, -0.2) is 19.2 Å². The van der Waals surface area contributed by atoms with Gasteiger partial charge in [-0.25, -0.2) is 8.42 Å². The molecule has 0 spiro atoms. The number of sulfone groups is 1. The van der Waals surface area contributed by atoms with Crippen molar-refractivity contribution in [2.24, 2.45) is 0 Å². The molecule has 0 bridgehead atoms. The molecule has 2 aromatic carbocycles. The van der Waals surface area contributed by atoms with E-state index >= 15 is 0 Å². The lowest BCUT2D eigenvalue weighted by atomic mass is 10.0. The lowest BCUT2D eigenvalue weighted by molar-refractivity contribution is 0.600. The van der Waals surface area contributed by atoms with Crippen LogP contribution in [0, 0.1) is 0 Å². The van der Waals surface area contributed by atoms with E-state index in [0.717, 1.165) is 35.0 Å². The lowest BCUT2D eigenvalue weighted by Crippen LogP contribution is -2.10. The second-order valence-electron chi connectivity index (χ2n) is 7.03. The molecule has 2 heterocycles. The van der Waals surface area contributed by atoms with E-state index < -0.39 is 9.84 Å². The van der Waals surface area contributed by atoms with Gasteiger partial charge in [0.05, 0.1) is 39.8 Å². The Hall–Kier alpha value is -2.60. The highest BCUT2D eigenvalue weighted by Gasteiger charge is 2.30. The number of nitrogens with zero attached hydrogens (tertiary/aromatic N) is 1. The average Bonchev–Trinajstić information content (AvgIpc) is 3.18.